The molecule has 3 heterocycles. The fourth-order valence-corrected chi connectivity index (χ4v) is 5.81. The van der Waals surface area contributed by atoms with Gasteiger partial charge in [-0.25, -0.2) is 9.97 Å². The van der Waals surface area contributed by atoms with Gasteiger partial charge in [-0.05, 0) is 57.4 Å². The van der Waals surface area contributed by atoms with E-state index in [2.05, 4.69) is 25.8 Å². The van der Waals surface area contributed by atoms with Crippen molar-refractivity contribution in [2.75, 3.05) is 6.61 Å². The number of imidazole rings is 1. The zero-order valence-corrected chi connectivity index (χ0v) is 16.7. The van der Waals surface area contributed by atoms with Crippen molar-refractivity contribution < 1.29 is 10.2 Å². The highest BCUT2D eigenvalue weighted by Gasteiger charge is 2.52. The van der Waals surface area contributed by atoms with E-state index in [-0.39, 0.29) is 12.0 Å². The van der Waals surface area contributed by atoms with Crippen LogP contribution in [0.1, 0.15) is 62.9 Å². The topological polar surface area (TPSA) is 98.5 Å². The molecular weight excluding hydrogens is 366 g/mol. The van der Waals surface area contributed by atoms with E-state index in [1.807, 2.05) is 12.4 Å². The maximum atomic E-state index is 10.1. The van der Waals surface area contributed by atoms with Crippen LogP contribution in [0.25, 0.3) is 16.7 Å². The van der Waals surface area contributed by atoms with Crippen LogP contribution < -0.4 is 5.32 Å². The fraction of sp³-hybridized carbons (Fsp3) is 0.636. The van der Waals surface area contributed by atoms with E-state index in [0.717, 1.165) is 53.5 Å². The number of aromatic amines is 1. The first-order chi connectivity index (χ1) is 14.1. The number of nitrogens with one attached hydrogen (secondary N) is 2. The normalized spacial score (nSPS) is 30.4. The summed E-state index contributed by atoms with van der Waals surface area (Å²) in [5.74, 6) is 1.12. The van der Waals surface area contributed by atoms with Gasteiger partial charge in [-0.1, -0.05) is 0 Å². The first-order valence-corrected chi connectivity index (χ1v) is 11.0. The van der Waals surface area contributed by atoms with Crippen LogP contribution in [0.3, 0.4) is 0 Å². The van der Waals surface area contributed by atoms with Crippen molar-refractivity contribution in [3.63, 3.8) is 0 Å². The molecule has 0 aliphatic heterocycles. The first kappa shape index (κ1) is 17.9. The van der Waals surface area contributed by atoms with Crippen molar-refractivity contribution in [3.05, 3.63) is 30.0 Å². The molecule has 0 aromatic carbocycles. The molecule has 4 N–H and O–H groups in total. The Morgan fingerprint density at radius 3 is 2.62 bits per heavy atom. The third kappa shape index (κ3) is 2.75. The Balaban J connectivity index is 1.45. The Hall–Kier alpha value is -1.96. The van der Waals surface area contributed by atoms with E-state index < -0.39 is 6.10 Å². The zero-order valence-electron chi connectivity index (χ0n) is 16.7. The van der Waals surface area contributed by atoms with Crippen molar-refractivity contribution in [2.45, 2.75) is 80.9 Å². The van der Waals surface area contributed by atoms with Gasteiger partial charge < -0.3 is 20.5 Å². The molecule has 0 spiro atoms. The number of rotatable bonds is 6. The van der Waals surface area contributed by atoms with Crippen molar-refractivity contribution in [2.24, 2.45) is 0 Å². The number of fused-ring (bicyclic) bond motifs is 6. The molecule has 0 saturated heterocycles. The van der Waals surface area contributed by atoms with E-state index in [9.17, 15) is 10.2 Å². The summed E-state index contributed by atoms with van der Waals surface area (Å²) in [5.41, 5.74) is 4.12. The highest BCUT2D eigenvalue weighted by atomic mass is 16.3. The second-order valence-corrected chi connectivity index (χ2v) is 9.59. The van der Waals surface area contributed by atoms with E-state index >= 15 is 0 Å². The van der Waals surface area contributed by atoms with Crippen molar-refractivity contribution in [1.82, 2.24) is 24.7 Å². The fourth-order valence-electron chi connectivity index (χ4n) is 5.81. The van der Waals surface area contributed by atoms with Gasteiger partial charge in [0.15, 0.2) is 5.65 Å². The van der Waals surface area contributed by atoms with E-state index in [0.29, 0.717) is 12.0 Å². The molecule has 0 amide bonds. The molecule has 1 unspecified atom stereocenters. The van der Waals surface area contributed by atoms with Gasteiger partial charge in [0.25, 0.3) is 0 Å². The number of aliphatic hydroxyl groups is 2. The summed E-state index contributed by atoms with van der Waals surface area (Å²) < 4.78 is 2.27. The molecule has 2 bridgehead atoms. The Kier molecular flexibility index (Phi) is 3.86. The second kappa shape index (κ2) is 6.27. The summed E-state index contributed by atoms with van der Waals surface area (Å²) in [4.78, 5) is 12.9. The molecule has 7 rings (SSSR count). The maximum Gasteiger partial charge on any atom is 0.154 e. The molecule has 7 nitrogen and oxygen atoms in total. The van der Waals surface area contributed by atoms with Gasteiger partial charge in [-0.15, -0.1) is 0 Å². The molecule has 4 fully saturated rings. The smallest absolute Gasteiger partial charge is 0.154 e. The molecule has 154 valence electrons. The minimum atomic E-state index is -0.797. The quantitative estimate of drug-likeness (QED) is 0.513. The van der Waals surface area contributed by atoms with Crippen LogP contribution in [0, 0.1) is 0 Å². The average Bonchev–Trinajstić information content (AvgIpc) is 3.28. The largest absolute Gasteiger partial charge is 0.394 e. The Labute approximate surface area is 169 Å². The third-order valence-electron chi connectivity index (χ3n) is 7.70. The molecule has 29 heavy (non-hydrogen) atoms. The maximum absolute atomic E-state index is 10.1. The van der Waals surface area contributed by atoms with E-state index in [1.165, 1.54) is 32.1 Å². The molecule has 3 aromatic heterocycles. The standard InChI is InChI=1S/C22H29N5O2/c28-13-15(29)11-16-18-12-24-19-17(3-10-23-19)27(18)20(25-16)21-4-7-22(8-5-21,9-6-21)26-14-1-2-14/h3,10,12,14-15,23,26,28-29H,1-2,4-9,11,13H2. The van der Waals surface area contributed by atoms with Gasteiger partial charge in [0.1, 0.15) is 5.82 Å². The van der Waals surface area contributed by atoms with Crippen molar-refractivity contribution >= 4 is 16.7 Å². The summed E-state index contributed by atoms with van der Waals surface area (Å²) >= 11 is 0. The van der Waals surface area contributed by atoms with Crippen LogP contribution in [0.2, 0.25) is 0 Å². The minimum Gasteiger partial charge on any atom is -0.394 e. The number of hydrogen-bond donors (Lipinski definition) is 4. The Bertz CT molecular complexity index is 1040. The number of hydrogen-bond acceptors (Lipinski definition) is 5. The molecule has 4 saturated carbocycles. The minimum absolute atomic E-state index is 0.0872. The summed E-state index contributed by atoms with van der Waals surface area (Å²) in [6.07, 6.45) is 13.1. The number of aliphatic hydroxyl groups excluding tert-OH is 2. The van der Waals surface area contributed by atoms with Gasteiger partial charge in [-0.3, -0.25) is 4.40 Å². The lowest BCUT2D eigenvalue weighted by molar-refractivity contribution is 0.0701. The van der Waals surface area contributed by atoms with Crippen molar-refractivity contribution in [3.8, 4) is 0 Å². The Morgan fingerprint density at radius 2 is 1.93 bits per heavy atom. The highest BCUT2D eigenvalue weighted by molar-refractivity contribution is 5.76. The summed E-state index contributed by atoms with van der Waals surface area (Å²) in [6, 6.07) is 2.82. The first-order valence-electron chi connectivity index (χ1n) is 11.0. The Morgan fingerprint density at radius 1 is 1.17 bits per heavy atom. The van der Waals surface area contributed by atoms with Gasteiger partial charge >= 0.3 is 0 Å². The lowest BCUT2D eigenvalue weighted by Crippen LogP contribution is -2.57. The molecule has 1 atom stereocenters. The second-order valence-electron chi connectivity index (χ2n) is 9.59. The zero-order chi connectivity index (χ0) is 19.6. The van der Waals surface area contributed by atoms with Crippen LogP contribution in [0.5, 0.6) is 0 Å². The monoisotopic (exact) mass is 395 g/mol. The molecule has 3 aromatic rings. The summed E-state index contributed by atoms with van der Waals surface area (Å²) in [5, 5.41) is 23.4. The third-order valence-corrected chi connectivity index (χ3v) is 7.70. The van der Waals surface area contributed by atoms with E-state index in [1.54, 1.807) is 0 Å². The highest BCUT2D eigenvalue weighted by Crippen LogP contribution is 2.54. The molecule has 4 aliphatic carbocycles. The van der Waals surface area contributed by atoms with Gasteiger partial charge in [0.05, 0.1) is 35.6 Å². The van der Waals surface area contributed by atoms with Gasteiger partial charge in [0.2, 0.25) is 0 Å². The molecule has 7 heteroatoms. The predicted molar refractivity (Wildman–Crippen MR) is 110 cm³/mol. The van der Waals surface area contributed by atoms with Crippen molar-refractivity contribution in [1.29, 1.82) is 0 Å². The van der Waals surface area contributed by atoms with Gasteiger partial charge in [-0.2, -0.15) is 0 Å². The van der Waals surface area contributed by atoms with Crippen LogP contribution in [0.4, 0.5) is 0 Å². The molecular formula is C22H29N5O2. The van der Waals surface area contributed by atoms with Gasteiger partial charge in [0, 0.05) is 29.6 Å². The molecule has 4 aliphatic rings. The van der Waals surface area contributed by atoms with Crippen LogP contribution in [-0.2, 0) is 11.8 Å². The summed E-state index contributed by atoms with van der Waals surface area (Å²) in [6.45, 7) is -0.255. The van der Waals surface area contributed by atoms with Crippen LogP contribution in [0.15, 0.2) is 18.5 Å². The lowest BCUT2D eigenvalue weighted by atomic mass is 9.57. The predicted octanol–water partition coefficient (Wildman–Crippen LogP) is 2.20. The number of aromatic nitrogens is 4. The lowest BCUT2D eigenvalue weighted by Gasteiger charge is -2.53. The van der Waals surface area contributed by atoms with Crippen LogP contribution in [-0.4, -0.2) is 53.9 Å². The SMILES string of the molecule is OCC(O)Cc1nc(C23CCC(NC4CC4)(CC2)CC3)n2c1cnc1[nH]ccc12. The number of nitrogens with zero attached hydrogens (tertiary/aromatic N) is 3. The van der Waals surface area contributed by atoms with E-state index in [4.69, 9.17) is 4.98 Å². The molecule has 0 radical (unpaired) electrons. The average molecular weight is 396 g/mol. The summed E-state index contributed by atoms with van der Waals surface area (Å²) in [7, 11) is 0. The number of H-pyrrole nitrogens is 1. The van der Waals surface area contributed by atoms with Crippen LogP contribution >= 0.6 is 0 Å².